The molecule has 2 amide bonds. The number of anilines is 3. The van der Waals surface area contributed by atoms with Gasteiger partial charge in [-0.2, -0.15) is 0 Å². The maximum absolute atomic E-state index is 12.9. The summed E-state index contributed by atoms with van der Waals surface area (Å²) >= 11 is 0. The first-order valence-electron chi connectivity index (χ1n) is 9.21. The molecule has 0 aromatic heterocycles. The van der Waals surface area contributed by atoms with Crippen molar-refractivity contribution < 1.29 is 22.4 Å². The first kappa shape index (κ1) is 20.8. The molecule has 1 saturated heterocycles. The number of nitrogens with one attached hydrogen (secondary N) is 2. The van der Waals surface area contributed by atoms with E-state index < -0.39 is 39.0 Å². The van der Waals surface area contributed by atoms with Crippen molar-refractivity contribution in [2.75, 3.05) is 40.1 Å². The van der Waals surface area contributed by atoms with Gasteiger partial charge in [0.25, 0.3) is 0 Å². The second-order valence-electron chi connectivity index (χ2n) is 6.88. The van der Waals surface area contributed by atoms with Gasteiger partial charge in [-0.25, -0.2) is 12.8 Å². The van der Waals surface area contributed by atoms with Gasteiger partial charge in [0.2, 0.25) is 11.8 Å². The van der Waals surface area contributed by atoms with Crippen molar-refractivity contribution in [3.8, 4) is 0 Å². The molecule has 1 aliphatic heterocycles. The number of rotatable bonds is 7. The minimum atomic E-state index is -3.96. The SMILES string of the molecule is O=C(CS(=O)(=O)CC(=O)Nc1ccc(N2CCCC2)cc1)Nc1ccc(F)cc1. The lowest BCUT2D eigenvalue weighted by atomic mass is 10.2. The standard InChI is InChI=1S/C20H22FN3O4S/c21-15-3-5-16(6-4-15)22-19(25)13-29(27,28)14-20(26)23-17-7-9-18(10-8-17)24-11-1-2-12-24/h3-10H,1-2,11-14H2,(H,22,25)(H,23,26). The first-order chi connectivity index (χ1) is 13.8. The van der Waals surface area contributed by atoms with Crippen molar-refractivity contribution in [2.45, 2.75) is 12.8 Å². The number of amides is 2. The van der Waals surface area contributed by atoms with Crippen LogP contribution in [0.25, 0.3) is 0 Å². The van der Waals surface area contributed by atoms with Gasteiger partial charge >= 0.3 is 0 Å². The Hall–Kier alpha value is -2.94. The van der Waals surface area contributed by atoms with E-state index >= 15 is 0 Å². The van der Waals surface area contributed by atoms with Gasteiger partial charge in [0, 0.05) is 30.2 Å². The molecule has 0 aliphatic carbocycles. The van der Waals surface area contributed by atoms with Crippen molar-refractivity contribution in [1.29, 1.82) is 0 Å². The second kappa shape index (κ2) is 9.04. The van der Waals surface area contributed by atoms with Gasteiger partial charge in [-0.15, -0.1) is 0 Å². The maximum atomic E-state index is 12.9. The third kappa shape index (κ3) is 6.28. The molecule has 0 saturated carbocycles. The van der Waals surface area contributed by atoms with E-state index in [0.717, 1.165) is 43.8 Å². The Morgan fingerprint density at radius 2 is 1.28 bits per heavy atom. The van der Waals surface area contributed by atoms with Crippen LogP contribution in [-0.4, -0.2) is 44.8 Å². The van der Waals surface area contributed by atoms with Crippen LogP contribution in [0, 0.1) is 5.82 Å². The topological polar surface area (TPSA) is 95.6 Å². The number of hydrogen-bond acceptors (Lipinski definition) is 5. The predicted octanol–water partition coefficient (Wildman–Crippen LogP) is 2.42. The number of sulfone groups is 1. The van der Waals surface area contributed by atoms with E-state index in [1.54, 1.807) is 12.1 Å². The fourth-order valence-corrected chi connectivity index (χ4v) is 4.15. The highest BCUT2D eigenvalue weighted by Gasteiger charge is 2.21. The molecule has 1 aliphatic rings. The Morgan fingerprint density at radius 1 is 0.828 bits per heavy atom. The van der Waals surface area contributed by atoms with Crippen LogP contribution in [0.3, 0.4) is 0 Å². The summed E-state index contributed by atoms with van der Waals surface area (Å²) in [6, 6.07) is 12.1. The Morgan fingerprint density at radius 3 is 1.76 bits per heavy atom. The molecule has 3 rings (SSSR count). The largest absolute Gasteiger partial charge is 0.372 e. The molecule has 2 N–H and O–H groups in total. The lowest BCUT2D eigenvalue weighted by molar-refractivity contribution is -0.114. The van der Waals surface area contributed by atoms with Crippen LogP contribution >= 0.6 is 0 Å². The van der Waals surface area contributed by atoms with Gasteiger partial charge in [0.15, 0.2) is 9.84 Å². The van der Waals surface area contributed by atoms with Crippen LogP contribution in [0.5, 0.6) is 0 Å². The zero-order chi connectivity index (χ0) is 20.9. The van der Waals surface area contributed by atoms with Crippen LogP contribution < -0.4 is 15.5 Å². The first-order valence-corrected chi connectivity index (χ1v) is 11.0. The molecule has 9 heteroatoms. The molecule has 2 aromatic rings. The highest BCUT2D eigenvalue weighted by Crippen LogP contribution is 2.22. The number of nitrogens with zero attached hydrogens (tertiary/aromatic N) is 1. The monoisotopic (exact) mass is 419 g/mol. The van der Waals surface area contributed by atoms with E-state index in [9.17, 15) is 22.4 Å². The summed E-state index contributed by atoms with van der Waals surface area (Å²) in [7, 11) is -3.96. The third-order valence-electron chi connectivity index (χ3n) is 4.45. The molecule has 29 heavy (non-hydrogen) atoms. The number of benzene rings is 2. The number of halogens is 1. The molecule has 0 spiro atoms. The summed E-state index contributed by atoms with van der Waals surface area (Å²) in [5, 5.41) is 4.89. The van der Waals surface area contributed by atoms with Crippen LogP contribution in [0.1, 0.15) is 12.8 Å². The summed E-state index contributed by atoms with van der Waals surface area (Å²) in [5.74, 6) is -3.63. The fraction of sp³-hybridized carbons (Fsp3) is 0.300. The quantitative estimate of drug-likeness (QED) is 0.719. The Labute approximate surface area is 168 Å². The highest BCUT2D eigenvalue weighted by molar-refractivity contribution is 7.92. The molecule has 0 atom stereocenters. The minimum absolute atomic E-state index is 0.272. The van der Waals surface area contributed by atoms with Gasteiger partial charge in [-0.1, -0.05) is 0 Å². The number of carbonyl (C=O) groups excluding carboxylic acids is 2. The summed E-state index contributed by atoms with van der Waals surface area (Å²) < 4.78 is 37.1. The Bertz CT molecular complexity index is 970. The smallest absolute Gasteiger partial charge is 0.239 e. The minimum Gasteiger partial charge on any atom is -0.372 e. The summed E-state index contributed by atoms with van der Waals surface area (Å²) in [4.78, 5) is 26.2. The van der Waals surface area contributed by atoms with Crippen molar-refractivity contribution in [2.24, 2.45) is 0 Å². The van der Waals surface area contributed by atoms with Crippen molar-refractivity contribution in [3.63, 3.8) is 0 Å². The fourth-order valence-electron chi connectivity index (χ4n) is 3.11. The Kier molecular flexibility index (Phi) is 6.48. The molecule has 7 nitrogen and oxygen atoms in total. The molecule has 2 aromatic carbocycles. The van der Waals surface area contributed by atoms with Crippen LogP contribution in [-0.2, 0) is 19.4 Å². The predicted molar refractivity (Wildman–Crippen MR) is 110 cm³/mol. The zero-order valence-electron chi connectivity index (χ0n) is 15.7. The molecular formula is C20H22FN3O4S. The van der Waals surface area contributed by atoms with E-state index in [4.69, 9.17) is 0 Å². The summed E-state index contributed by atoms with van der Waals surface area (Å²) in [6.45, 7) is 2.01. The van der Waals surface area contributed by atoms with Crippen LogP contribution in [0.4, 0.5) is 21.5 Å². The van der Waals surface area contributed by atoms with Gasteiger partial charge in [0.1, 0.15) is 17.3 Å². The van der Waals surface area contributed by atoms with Gasteiger partial charge in [-0.05, 0) is 61.4 Å². The second-order valence-corrected chi connectivity index (χ2v) is 8.94. The molecular weight excluding hydrogens is 397 g/mol. The summed E-state index contributed by atoms with van der Waals surface area (Å²) in [5.41, 5.74) is 1.82. The lowest BCUT2D eigenvalue weighted by Gasteiger charge is -2.17. The normalized spacial score (nSPS) is 13.9. The van der Waals surface area contributed by atoms with Crippen molar-refractivity contribution >= 4 is 38.7 Å². The van der Waals surface area contributed by atoms with Crippen LogP contribution in [0.15, 0.2) is 48.5 Å². The Balaban J connectivity index is 1.50. The summed E-state index contributed by atoms with van der Waals surface area (Å²) in [6.07, 6.45) is 2.32. The van der Waals surface area contributed by atoms with E-state index in [1.165, 1.54) is 12.1 Å². The average Bonchev–Trinajstić information content (AvgIpc) is 3.18. The average molecular weight is 419 g/mol. The molecule has 1 heterocycles. The van der Waals surface area contributed by atoms with E-state index in [0.29, 0.717) is 5.69 Å². The molecule has 1 fully saturated rings. The van der Waals surface area contributed by atoms with Gasteiger partial charge < -0.3 is 15.5 Å². The van der Waals surface area contributed by atoms with Gasteiger partial charge in [0.05, 0.1) is 0 Å². The van der Waals surface area contributed by atoms with E-state index in [2.05, 4.69) is 15.5 Å². The molecule has 154 valence electrons. The molecule has 0 unspecified atom stereocenters. The van der Waals surface area contributed by atoms with E-state index in [1.807, 2.05) is 12.1 Å². The third-order valence-corrected chi connectivity index (χ3v) is 5.86. The zero-order valence-corrected chi connectivity index (χ0v) is 16.5. The van der Waals surface area contributed by atoms with E-state index in [-0.39, 0.29) is 5.69 Å². The van der Waals surface area contributed by atoms with Crippen LogP contribution in [0.2, 0.25) is 0 Å². The maximum Gasteiger partial charge on any atom is 0.239 e. The molecule has 0 radical (unpaired) electrons. The van der Waals surface area contributed by atoms with Crippen molar-refractivity contribution in [3.05, 3.63) is 54.3 Å². The lowest BCUT2D eigenvalue weighted by Crippen LogP contribution is -2.30. The highest BCUT2D eigenvalue weighted by atomic mass is 32.2. The molecule has 0 bridgehead atoms. The number of hydrogen-bond donors (Lipinski definition) is 2. The number of carbonyl (C=O) groups is 2. The van der Waals surface area contributed by atoms with Gasteiger partial charge in [-0.3, -0.25) is 9.59 Å². The van der Waals surface area contributed by atoms with Crippen molar-refractivity contribution in [1.82, 2.24) is 0 Å².